The van der Waals surface area contributed by atoms with Crippen molar-refractivity contribution in [2.24, 2.45) is 0 Å². The predicted octanol–water partition coefficient (Wildman–Crippen LogP) is 0.277. The Morgan fingerprint density at radius 2 is 1.24 bits per heavy atom. The molecule has 0 amide bonds. The first-order chi connectivity index (χ1) is 8.59. The quantitative estimate of drug-likeness (QED) is 0.502. The van der Waals surface area contributed by atoms with Gasteiger partial charge in [0.1, 0.15) is 5.75 Å². The zero-order chi connectivity index (χ0) is 14.4. The molecule has 0 unspecified atom stereocenters. The van der Waals surface area contributed by atoms with Gasteiger partial charge in [-0.15, -0.1) is 0 Å². The Bertz CT molecular complexity index is 870. The number of phenolic OH excluding ortho intramolecular Hbond substituents is 1. The molecule has 21 heavy (non-hydrogen) atoms. The maximum absolute atomic E-state index is 11.0. The van der Waals surface area contributed by atoms with E-state index in [0.717, 1.165) is 24.3 Å². The second-order valence-corrected chi connectivity index (χ2v) is 6.62. The standard InChI is InChI=1S/C10H8O7S2.2K/c11-10-5-8(19(15,16)17)4-6-3-7(18(12,13)14)1-2-9(6)10;;/h1-5,11H,(H,12,13,14)(H,15,16,17);;. The maximum atomic E-state index is 11.0. The molecule has 2 radical (unpaired) electrons. The number of phenols is 1. The molecule has 0 aromatic heterocycles. The van der Waals surface area contributed by atoms with Crippen LogP contribution in [0.2, 0.25) is 0 Å². The molecular weight excluding hydrogens is 374 g/mol. The molecule has 11 heteroatoms. The van der Waals surface area contributed by atoms with Crippen LogP contribution in [-0.2, 0) is 20.2 Å². The molecule has 0 spiro atoms. The Morgan fingerprint density at radius 3 is 1.71 bits per heavy atom. The van der Waals surface area contributed by atoms with Crippen LogP contribution in [-0.4, -0.2) is 134 Å². The van der Waals surface area contributed by atoms with Gasteiger partial charge in [0.05, 0.1) is 9.79 Å². The summed E-state index contributed by atoms with van der Waals surface area (Å²) in [5, 5.41) is 9.85. The summed E-state index contributed by atoms with van der Waals surface area (Å²) in [4.78, 5) is -1.03. The molecule has 2 rings (SSSR count). The van der Waals surface area contributed by atoms with Gasteiger partial charge in [0.2, 0.25) is 0 Å². The van der Waals surface area contributed by atoms with Crippen molar-refractivity contribution < 1.29 is 31.0 Å². The number of hydrogen-bond acceptors (Lipinski definition) is 5. The van der Waals surface area contributed by atoms with Gasteiger partial charge in [-0.2, -0.15) is 16.8 Å². The molecule has 0 saturated heterocycles. The molecule has 0 bridgehead atoms. The molecule has 0 atom stereocenters. The fraction of sp³-hybridized carbons (Fsp3) is 0. The Labute approximate surface area is 206 Å². The second-order valence-electron chi connectivity index (χ2n) is 3.78. The van der Waals surface area contributed by atoms with Crippen molar-refractivity contribution in [1.82, 2.24) is 0 Å². The average Bonchev–Trinajstić information content (AvgIpc) is 2.25. The number of hydrogen-bond donors (Lipinski definition) is 3. The average molecular weight is 382 g/mol. The van der Waals surface area contributed by atoms with Gasteiger partial charge in [-0.1, -0.05) is 0 Å². The van der Waals surface area contributed by atoms with Gasteiger partial charge < -0.3 is 5.11 Å². The molecule has 0 fully saturated rings. The van der Waals surface area contributed by atoms with E-state index in [1.807, 2.05) is 0 Å². The Kier molecular flexibility index (Phi) is 8.73. The zero-order valence-electron chi connectivity index (χ0n) is 11.2. The smallest absolute Gasteiger partial charge is 0.294 e. The van der Waals surface area contributed by atoms with Crippen LogP contribution in [0.5, 0.6) is 5.75 Å². The van der Waals surface area contributed by atoms with Crippen LogP contribution in [0.3, 0.4) is 0 Å². The van der Waals surface area contributed by atoms with Crippen LogP contribution in [0.15, 0.2) is 40.1 Å². The largest absolute Gasteiger partial charge is 0.507 e. The summed E-state index contributed by atoms with van der Waals surface area (Å²) in [5.74, 6) is -0.438. The summed E-state index contributed by atoms with van der Waals surface area (Å²) in [6.07, 6.45) is 0. The summed E-state index contributed by atoms with van der Waals surface area (Å²) in [5.41, 5.74) is 0. The Balaban J connectivity index is 0.00000200. The van der Waals surface area contributed by atoms with Crippen molar-refractivity contribution in [3.63, 3.8) is 0 Å². The Morgan fingerprint density at radius 1 is 0.762 bits per heavy atom. The van der Waals surface area contributed by atoms with E-state index in [0.29, 0.717) is 0 Å². The first-order valence-electron chi connectivity index (χ1n) is 4.81. The third-order valence-electron chi connectivity index (χ3n) is 2.47. The third kappa shape index (κ3) is 5.57. The Hall–Kier alpha value is 1.59. The van der Waals surface area contributed by atoms with E-state index < -0.39 is 35.8 Å². The van der Waals surface area contributed by atoms with Gasteiger partial charge >= 0.3 is 0 Å². The summed E-state index contributed by atoms with van der Waals surface area (Å²) in [6, 6.07) is 5.08. The van der Waals surface area contributed by atoms with Crippen molar-refractivity contribution in [2.75, 3.05) is 0 Å². The summed E-state index contributed by atoms with van der Waals surface area (Å²) >= 11 is 0. The maximum Gasteiger partial charge on any atom is 0.294 e. The van der Waals surface area contributed by atoms with Gasteiger partial charge in [-0.05, 0) is 29.7 Å². The third-order valence-corrected chi connectivity index (χ3v) is 4.15. The minimum Gasteiger partial charge on any atom is -0.507 e. The van der Waals surface area contributed by atoms with E-state index in [4.69, 9.17) is 9.11 Å². The zero-order valence-corrected chi connectivity index (χ0v) is 19.1. The van der Waals surface area contributed by atoms with Crippen molar-refractivity contribution in [3.8, 4) is 5.75 Å². The molecule has 104 valence electrons. The van der Waals surface area contributed by atoms with Gasteiger partial charge in [0, 0.05) is 114 Å². The normalized spacial score (nSPS) is 11.5. The molecule has 0 aliphatic rings. The number of benzene rings is 2. The molecule has 0 heterocycles. The monoisotopic (exact) mass is 382 g/mol. The van der Waals surface area contributed by atoms with E-state index in [2.05, 4.69) is 0 Å². The molecule has 0 aliphatic carbocycles. The van der Waals surface area contributed by atoms with E-state index in [1.54, 1.807) is 0 Å². The fourth-order valence-electron chi connectivity index (χ4n) is 1.61. The van der Waals surface area contributed by atoms with Crippen molar-refractivity contribution in [3.05, 3.63) is 30.3 Å². The number of aromatic hydroxyl groups is 1. The molecule has 7 nitrogen and oxygen atoms in total. The van der Waals surface area contributed by atoms with Crippen LogP contribution in [0.1, 0.15) is 0 Å². The van der Waals surface area contributed by atoms with E-state index in [1.165, 1.54) is 6.07 Å². The van der Waals surface area contributed by atoms with Gasteiger partial charge in [-0.25, -0.2) is 0 Å². The summed E-state index contributed by atoms with van der Waals surface area (Å²) in [6.45, 7) is 0. The van der Waals surface area contributed by atoms with E-state index in [9.17, 15) is 21.9 Å². The first kappa shape index (κ1) is 22.6. The van der Waals surface area contributed by atoms with Crippen LogP contribution < -0.4 is 0 Å². The summed E-state index contributed by atoms with van der Waals surface area (Å²) in [7, 11) is -8.99. The van der Waals surface area contributed by atoms with Crippen molar-refractivity contribution in [2.45, 2.75) is 9.79 Å². The van der Waals surface area contributed by atoms with Crippen molar-refractivity contribution in [1.29, 1.82) is 0 Å². The second kappa shape index (κ2) is 8.11. The van der Waals surface area contributed by atoms with Crippen LogP contribution in [0.25, 0.3) is 10.8 Å². The minimum atomic E-state index is -4.54. The molecular formula is C10H8K2O7S2. The van der Waals surface area contributed by atoms with Crippen molar-refractivity contribution >= 4 is 134 Å². The summed E-state index contributed by atoms with van der Waals surface area (Å²) < 4.78 is 61.7. The molecule has 2 aromatic rings. The molecule has 3 N–H and O–H groups in total. The first-order valence-corrected chi connectivity index (χ1v) is 7.69. The van der Waals surface area contributed by atoms with Crippen LogP contribution in [0.4, 0.5) is 0 Å². The topological polar surface area (TPSA) is 129 Å². The molecule has 0 saturated carbocycles. The van der Waals surface area contributed by atoms with Gasteiger partial charge in [-0.3, -0.25) is 9.11 Å². The van der Waals surface area contributed by atoms with Crippen LogP contribution >= 0.6 is 0 Å². The minimum absolute atomic E-state index is 0. The molecule has 0 aliphatic heterocycles. The number of fused-ring (bicyclic) bond motifs is 1. The van der Waals surface area contributed by atoms with Gasteiger partial charge in [0.15, 0.2) is 0 Å². The SMILES string of the molecule is O=S(=O)(O)c1ccc2c(O)cc(S(=O)(=O)O)cc2c1.[K].[K]. The fourth-order valence-corrected chi connectivity index (χ4v) is 2.66. The van der Waals surface area contributed by atoms with Crippen LogP contribution in [0, 0.1) is 0 Å². The predicted molar refractivity (Wildman–Crippen MR) is 76.8 cm³/mol. The number of rotatable bonds is 2. The van der Waals surface area contributed by atoms with E-state index >= 15 is 0 Å². The molecule has 2 aromatic carbocycles. The van der Waals surface area contributed by atoms with Gasteiger partial charge in [0.25, 0.3) is 20.2 Å². The van der Waals surface area contributed by atoms with E-state index in [-0.39, 0.29) is 114 Å².